The highest BCUT2D eigenvalue weighted by molar-refractivity contribution is 7.87. The maximum Gasteiger partial charge on any atom is 0.339 e. The second-order valence-corrected chi connectivity index (χ2v) is 5.90. The number of aryl methyl sites for hydroxylation is 1. The van der Waals surface area contributed by atoms with E-state index < -0.39 is 15.0 Å². The van der Waals surface area contributed by atoms with E-state index in [-0.39, 0.29) is 16.3 Å². The summed E-state index contributed by atoms with van der Waals surface area (Å²) < 4.78 is 29.3. The number of hydrogen-bond donors (Lipinski definition) is 0. The molecule has 0 unspecified atom stereocenters. The molecule has 22 heavy (non-hydrogen) atoms. The van der Waals surface area contributed by atoms with E-state index in [9.17, 15) is 18.5 Å². The predicted octanol–water partition coefficient (Wildman–Crippen LogP) is 2.54. The van der Waals surface area contributed by atoms with E-state index in [0.717, 1.165) is 12.1 Å². The van der Waals surface area contributed by atoms with Crippen LogP contribution < -0.4 is 4.18 Å². The van der Waals surface area contributed by atoms with Gasteiger partial charge in [0.2, 0.25) is 0 Å². The van der Waals surface area contributed by atoms with Crippen LogP contribution in [0.5, 0.6) is 5.75 Å². The van der Waals surface area contributed by atoms with E-state index in [2.05, 4.69) is 0 Å². The van der Waals surface area contributed by atoms with Gasteiger partial charge in [0.1, 0.15) is 10.6 Å². The Morgan fingerprint density at radius 2 is 1.82 bits per heavy atom. The molecule has 0 aromatic heterocycles. The molecule has 0 N–H and O–H groups in total. The van der Waals surface area contributed by atoms with Crippen molar-refractivity contribution in [2.45, 2.75) is 11.8 Å². The molecule has 0 heterocycles. The van der Waals surface area contributed by atoms with Crippen LogP contribution in [0, 0.1) is 28.4 Å². The third-order valence-electron chi connectivity index (χ3n) is 2.83. The Labute approximate surface area is 126 Å². The average molecular weight is 318 g/mol. The molecule has 0 aliphatic carbocycles. The summed E-state index contributed by atoms with van der Waals surface area (Å²) in [5, 5.41) is 19.3. The summed E-state index contributed by atoms with van der Waals surface area (Å²) in [4.78, 5) is 9.88. The molecule has 0 atom stereocenters. The second-order valence-electron chi connectivity index (χ2n) is 4.38. The van der Waals surface area contributed by atoms with Gasteiger partial charge in [-0.05, 0) is 42.8 Å². The zero-order chi connectivity index (χ0) is 16.3. The molecule has 112 valence electrons. The van der Waals surface area contributed by atoms with Crippen LogP contribution in [0.2, 0.25) is 0 Å². The minimum absolute atomic E-state index is 0.0330. The first-order valence-corrected chi connectivity index (χ1v) is 7.44. The third kappa shape index (κ3) is 3.21. The van der Waals surface area contributed by atoms with Crippen molar-refractivity contribution in [3.63, 3.8) is 0 Å². The van der Waals surface area contributed by atoms with Gasteiger partial charge in [0.05, 0.1) is 16.6 Å². The van der Waals surface area contributed by atoms with Crippen molar-refractivity contribution in [1.29, 1.82) is 5.26 Å². The SMILES string of the molecule is Cc1cc(C#N)ccc1S(=O)(=O)Oc1ccc([N+](=O)[O-])cc1. The Kier molecular flexibility index (Phi) is 4.10. The van der Waals surface area contributed by atoms with Gasteiger partial charge in [0, 0.05) is 12.1 Å². The molecule has 2 rings (SSSR count). The topological polar surface area (TPSA) is 110 Å². The van der Waals surface area contributed by atoms with E-state index in [4.69, 9.17) is 9.44 Å². The molecule has 2 aromatic carbocycles. The molecular weight excluding hydrogens is 308 g/mol. The van der Waals surface area contributed by atoms with Crippen molar-refractivity contribution in [2.75, 3.05) is 0 Å². The van der Waals surface area contributed by atoms with Gasteiger partial charge in [-0.3, -0.25) is 10.1 Å². The summed E-state index contributed by atoms with van der Waals surface area (Å²) in [6.07, 6.45) is 0. The maximum atomic E-state index is 12.2. The molecule has 7 nitrogen and oxygen atoms in total. The standard InChI is InChI=1S/C14H10N2O5S/c1-10-8-11(9-15)2-7-14(10)22(19,20)21-13-5-3-12(4-6-13)16(17)18/h2-8H,1H3. The summed E-state index contributed by atoms with van der Waals surface area (Å²) in [6, 6.07) is 10.7. The van der Waals surface area contributed by atoms with Crippen LogP contribution in [0.15, 0.2) is 47.4 Å². The van der Waals surface area contributed by atoms with Crippen molar-refractivity contribution in [1.82, 2.24) is 0 Å². The van der Waals surface area contributed by atoms with Crippen LogP contribution in [-0.2, 0) is 10.1 Å². The zero-order valence-electron chi connectivity index (χ0n) is 11.4. The number of non-ortho nitro benzene ring substituents is 1. The third-order valence-corrected chi connectivity index (χ3v) is 4.24. The van der Waals surface area contributed by atoms with E-state index >= 15 is 0 Å². The fourth-order valence-electron chi connectivity index (χ4n) is 1.79. The summed E-state index contributed by atoms with van der Waals surface area (Å²) in [7, 11) is -4.08. The summed E-state index contributed by atoms with van der Waals surface area (Å²) in [6.45, 7) is 1.55. The van der Waals surface area contributed by atoms with Gasteiger partial charge < -0.3 is 4.18 Å². The van der Waals surface area contributed by atoms with Crippen molar-refractivity contribution < 1.29 is 17.5 Å². The molecule has 8 heteroatoms. The van der Waals surface area contributed by atoms with Crippen molar-refractivity contribution in [2.24, 2.45) is 0 Å². The molecule has 0 radical (unpaired) electrons. The lowest BCUT2D eigenvalue weighted by atomic mass is 10.2. The number of hydrogen-bond acceptors (Lipinski definition) is 6. The molecule has 0 bridgehead atoms. The first-order valence-electron chi connectivity index (χ1n) is 6.03. The summed E-state index contributed by atoms with van der Waals surface area (Å²) >= 11 is 0. The van der Waals surface area contributed by atoms with E-state index in [1.54, 1.807) is 6.92 Å². The largest absolute Gasteiger partial charge is 0.379 e. The second kappa shape index (κ2) is 5.83. The van der Waals surface area contributed by atoms with Crippen molar-refractivity contribution in [3.05, 3.63) is 63.7 Å². The quantitative estimate of drug-likeness (QED) is 0.486. The Morgan fingerprint density at radius 1 is 1.18 bits per heavy atom. The number of benzene rings is 2. The highest BCUT2D eigenvalue weighted by Crippen LogP contribution is 2.23. The van der Waals surface area contributed by atoms with Gasteiger partial charge in [-0.1, -0.05) is 0 Å². The highest BCUT2D eigenvalue weighted by Gasteiger charge is 2.20. The Morgan fingerprint density at radius 3 is 2.32 bits per heavy atom. The van der Waals surface area contributed by atoms with Gasteiger partial charge in [-0.2, -0.15) is 13.7 Å². The number of nitriles is 1. The number of nitro groups is 1. The van der Waals surface area contributed by atoms with Crippen molar-refractivity contribution in [3.8, 4) is 11.8 Å². The van der Waals surface area contributed by atoms with Crippen LogP contribution in [0.4, 0.5) is 5.69 Å². The fourth-order valence-corrected chi connectivity index (χ4v) is 2.94. The van der Waals surface area contributed by atoms with Gasteiger partial charge >= 0.3 is 10.1 Å². The van der Waals surface area contributed by atoms with Gasteiger partial charge in [-0.25, -0.2) is 0 Å². The maximum absolute atomic E-state index is 12.2. The van der Waals surface area contributed by atoms with Crippen LogP contribution in [-0.4, -0.2) is 13.3 Å². The predicted molar refractivity (Wildman–Crippen MR) is 76.8 cm³/mol. The lowest BCUT2D eigenvalue weighted by molar-refractivity contribution is -0.384. The van der Waals surface area contributed by atoms with E-state index in [0.29, 0.717) is 11.1 Å². The van der Waals surface area contributed by atoms with Gasteiger partial charge in [0.25, 0.3) is 5.69 Å². The molecule has 0 amide bonds. The normalized spacial score (nSPS) is 10.7. The first-order chi connectivity index (χ1) is 10.3. The van der Waals surface area contributed by atoms with Crippen LogP contribution in [0.1, 0.15) is 11.1 Å². The Balaban J connectivity index is 2.32. The molecular formula is C14H10N2O5S. The monoisotopic (exact) mass is 318 g/mol. The average Bonchev–Trinajstić information content (AvgIpc) is 2.46. The minimum atomic E-state index is -4.08. The number of nitrogens with zero attached hydrogens (tertiary/aromatic N) is 2. The Hall–Kier alpha value is -2.92. The molecule has 2 aromatic rings. The van der Waals surface area contributed by atoms with E-state index in [1.165, 1.54) is 30.3 Å². The molecule has 0 aliphatic heterocycles. The molecule has 0 saturated heterocycles. The first kappa shape index (κ1) is 15.5. The zero-order valence-corrected chi connectivity index (χ0v) is 12.2. The van der Waals surface area contributed by atoms with Gasteiger partial charge in [-0.15, -0.1) is 0 Å². The number of rotatable bonds is 4. The van der Waals surface area contributed by atoms with E-state index in [1.807, 2.05) is 6.07 Å². The number of nitro benzene ring substituents is 1. The molecule has 0 saturated carbocycles. The van der Waals surface area contributed by atoms with Crippen LogP contribution >= 0.6 is 0 Å². The van der Waals surface area contributed by atoms with Crippen molar-refractivity contribution >= 4 is 15.8 Å². The molecule has 0 spiro atoms. The van der Waals surface area contributed by atoms with Gasteiger partial charge in [0.15, 0.2) is 0 Å². The lowest BCUT2D eigenvalue weighted by Gasteiger charge is -2.09. The summed E-state index contributed by atoms with van der Waals surface area (Å²) in [5.41, 5.74) is 0.548. The molecule has 0 fully saturated rings. The molecule has 0 aliphatic rings. The smallest absolute Gasteiger partial charge is 0.339 e. The minimum Gasteiger partial charge on any atom is -0.379 e. The van der Waals surface area contributed by atoms with Crippen LogP contribution in [0.25, 0.3) is 0 Å². The Bertz CT molecular complexity index is 867. The van der Waals surface area contributed by atoms with Crippen LogP contribution in [0.3, 0.4) is 0 Å². The lowest BCUT2D eigenvalue weighted by Crippen LogP contribution is -2.11. The fraction of sp³-hybridized carbons (Fsp3) is 0.0714. The highest BCUT2D eigenvalue weighted by atomic mass is 32.2. The summed E-state index contributed by atoms with van der Waals surface area (Å²) in [5.74, 6) is -0.0330.